The van der Waals surface area contributed by atoms with Crippen LogP contribution >= 0.6 is 0 Å². The monoisotopic (exact) mass is 250 g/mol. The van der Waals surface area contributed by atoms with Crippen LogP contribution in [0.2, 0.25) is 0 Å². The van der Waals surface area contributed by atoms with Gasteiger partial charge in [-0.05, 0) is 11.5 Å². The maximum atomic E-state index is 5.34. The Bertz CT molecular complexity index is 383. The quantitative estimate of drug-likeness (QED) is 0.886. The molecule has 0 aromatic carbocycles. The first-order valence-corrected chi connectivity index (χ1v) is 6.44. The molecule has 1 aliphatic heterocycles. The van der Waals surface area contributed by atoms with Crippen molar-refractivity contribution < 1.29 is 4.74 Å². The molecule has 100 valence electrons. The highest BCUT2D eigenvalue weighted by molar-refractivity contribution is 5.42. The van der Waals surface area contributed by atoms with E-state index in [4.69, 9.17) is 4.74 Å². The maximum Gasteiger partial charge on any atom is 0.224 e. The number of nitrogens with one attached hydrogen (secondary N) is 1. The summed E-state index contributed by atoms with van der Waals surface area (Å²) in [5, 5.41) is 3.28. The molecule has 1 aromatic rings. The normalized spacial score (nSPS) is 16.7. The van der Waals surface area contributed by atoms with E-state index in [1.165, 1.54) is 0 Å². The number of aromatic nitrogens is 2. The second-order valence-corrected chi connectivity index (χ2v) is 5.75. The van der Waals surface area contributed by atoms with Crippen molar-refractivity contribution in [2.45, 2.75) is 20.8 Å². The first kappa shape index (κ1) is 13.1. The second-order valence-electron chi connectivity index (χ2n) is 5.75. The molecule has 0 saturated carbocycles. The number of rotatable bonds is 3. The van der Waals surface area contributed by atoms with Gasteiger partial charge in [-0.15, -0.1) is 0 Å². The third kappa shape index (κ3) is 3.84. The minimum atomic E-state index is 0.221. The van der Waals surface area contributed by atoms with Crippen LogP contribution in [0.4, 0.5) is 11.8 Å². The number of morpholine rings is 1. The molecule has 0 radical (unpaired) electrons. The lowest BCUT2D eigenvalue weighted by Crippen LogP contribution is -2.36. The molecular weight excluding hydrogens is 228 g/mol. The van der Waals surface area contributed by atoms with Gasteiger partial charge in [0.25, 0.3) is 0 Å². The van der Waals surface area contributed by atoms with Crippen LogP contribution in [0, 0.1) is 5.41 Å². The van der Waals surface area contributed by atoms with Crippen LogP contribution in [-0.4, -0.2) is 42.8 Å². The molecule has 0 bridgehead atoms. The molecule has 18 heavy (non-hydrogen) atoms. The van der Waals surface area contributed by atoms with Crippen molar-refractivity contribution >= 4 is 11.8 Å². The molecule has 1 saturated heterocycles. The fraction of sp³-hybridized carbons (Fsp3) is 0.692. The zero-order valence-corrected chi connectivity index (χ0v) is 11.4. The average molecular weight is 250 g/mol. The Morgan fingerprint density at radius 2 is 2.06 bits per heavy atom. The van der Waals surface area contributed by atoms with E-state index in [9.17, 15) is 0 Å². The Hall–Kier alpha value is -1.36. The lowest BCUT2D eigenvalue weighted by atomic mass is 9.97. The van der Waals surface area contributed by atoms with Gasteiger partial charge in [0, 0.05) is 25.8 Å². The number of nitrogens with zero attached hydrogens (tertiary/aromatic N) is 3. The summed E-state index contributed by atoms with van der Waals surface area (Å²) in [6, 6.07) is 1.95. The van der Waals surface area contributed by atoms with E-state index >= 15 is 0 Å². The van der Waals surface area contributed by atoms with Crippen molar-refractivity contribution in [3.05, 3.63) is 12.3 Å². The molecule has 5 nitrogen and oxygen atoms in total. The van der Waals surface area contributed by atoms with Crippen LogP contribution in [0.5, 0.6) is 0 Å². The third-order valence-electron chi connectivity index (χ3n) is 2.75. The largest absolute Gasteiger partial charge is 0.378 e. The van der Waals surface area contributed by atoms with Gasteiger partial charge < -0.3 is 15.0 Å². The standard InChI is InChI=1S/C13H22N4O/c1-13(2,3)10-15-12-14-5-4-11(16-12)17-6-8-18-9-7-17/h4-5H,6-10H2,1-3H3,(H,14,15,16). The Balaban J connectivity index is 2.00. The lowest BCUT2D eigenvalue weighted by molar-refractivity contribution is 0.122. The molecule has 5 heteroatoms. The van der Waals surface area contributed by atoms with Crippen LogP contribution in [0.3, 0.4) is 0 Å². The SMILES string of the molecule is CC(C)(C)CNc1nccc(N2CCOCC2)n1. The fourth-order valence-corrected chi connectivity index (χ4v) is 1.75. The molecule has 0 unspecified atom stereocenters. The Kier molecular flexibility index (Phi) is 4.01. The maximum absolute atomic E-state index is 5.34. The zero-order valence-electron chi connectivity index (χ0n) is 11.4. The minimum Gasteiger partial charge on any atom is -0.378 e. The summed E-state index contributed by atoms with van der Waals surface area (Å²) in [7, 11) is 0. The molecule has 1 aromatic heterocycles. The van der Waals surface area contributed by atoms with Crippen LogP contribution < -0.4 is 10.2 Å². The van der Waals surface area contributed by atoms with E-state index in [2.05, 4.69) is 41.0 Å². The number of hydrogen-bond donors (Lipinski definition) is 1. The Morgan fingerprint density at radius 3 is 2.72 bits per heavy atom. The predicted octanol–water partition coefficient (Wildman–Crippen LogP) is 1.77. The molecule has 0 aliphatic carbocycles. The average Bonchev–Trinajstić information content (AvgIpc) is 2.37. The van der Waals surface area contributed by atoms with Gasteiger partial charge in [-0.25, -0.2) is 4.98 Å². The molecule has 0 spiro atoms. The molecule has 1 fully saturated rings. The van der Waals surface area contributed by atoms with Crippen molar-refractivity contribution in [3.8, 4) is 0 Å². The van der Waals surface area contributed by atoms with Crippen LogP contribution in [0.25, 0.3) is 0 Å². The molecule has 2 heterocycles. The van der Waals surface area contributed by atoms with E-state index in [0.717, 1.165) is 38.7 Å². The molecule has 2 rings (SSSR count). The number of hydrogen-bond acceptors (Lipinski definition) is 5. The van der Waals surface area contributed by atoms with E-state index in [0.29, 0.717) is 5.95 Å². The summed E-state index contributed by atoms with van der Waals surface area (Å²) < 4.78 is 5.34. The molecule has 1 N–H and O–H groups in total. The highest BCUT2D eigenvalue weighted by Crippen LogP contribution is 2.16. The third-order valence-corrected chi connectivity index (χ3v) is 2.75. The van der Waals surface area contributed by atoms with E-state index in [1.807, 2.05) is 12.3 Å². The summed E-state index contributed by atoms with van der Waals surface area (Å²) in [4.78, 5) is 11.0. The van der Waals surface area contributed by atoms with Gasteiger partial charge in [0.05, 0.1) is 13.2 Å². The van der Waals surface area contributed by atoms with E-state index < -0.39 is 0 Å². The summed E-state index contributed by atoms with van der Waals surface area (Å²) in [5.41, 5.74) is 0.221. The van der Waals surface area contributed by atoms with Crippen molar-refractivity contribution in [2.75, 3.05) is 43.1 Å². The number of ether oxygens (including phenoxy) is 1. The topological polar surface area (TPSA) is 50.3 Å². The Morgan fingerprint density at radius 1 is 1.33 bits per heavy atom. The summed E-state index contributed by atoms with van der Waals surface area (Å²) >= 11 is 0. The van der Waals surface area contributed by atoms with Gasteiger partial charge in [0.15, 0.2) is 0 Å². The number of anilines is 2. The first-order chi connectivity index (χ1) is 8.54. The fourth-order valence-electron chi connectivity index (χ4n) is 1.75. The predicted molar refractivity (Wildman–Crippen MR) is 73.0 cm³/mol. The van der Waals surface area contributed by atoms with Crippen LogP contribution in [-0.2, 0) is 4.74 Å². The van der Waals surface area contributed by atoms with Gasteiger partial charge in [0.1, 0.15) is 5.82 Å². The highest BCUT2D eigenvalue weighted by Gasteiger charge is 2.14. The molecule has 0 amide bonds. The highest BCUT2D eigenvalue weighted by atomic mass is 16.5. The van der Waals surface area contributed by atoms with Crippen molar-refractivity contribution in [2.24, 2.45) is 5.41 Å². The van der Waals surface area contributed by atoms with Crippen LogP contribution in [0.1, 0.15) is 20.8 Å². The van der Waals surface area contributed by atoms with Gasteiger partial charge in [-0.3, -0.25) is 0 Å². The Labute approximate surface area is 109 Å². The molecular formula is C13H22N4O. The summed E-state index contributed by atoms with van der Waals surface area (Å²) in [6.07, 6.45) is 1.81. The van der Waals surface area contributed by atoms with Crippen molar-refractivity contribution in [3.63, 3.8) is 0 Å². The smallest absolute Gasteiger partial charge is 0.224 e. The van der Waals surface area contributed by atoms with Crippen molar-refractivity contribution in [1.29, 1.82) is 0 Å². The second kappa shape index (κ2) is 5.52. The van der Waals surface area contributed by atoms with Gasteiger partial charge in [-0.1, -0.05) is 20.8 Å². The first-order valence-electron chi connectivity index (χ1n) is 6.44. The summed E-state index contributed by atoms with van der Waals surface area (Å²) in [6.45, 7) is 10.8. The molecule has 1 aliphatic rings. The van der Waals surface area contributed by atoms with E-state index in [1.54, 1.807) is 0 Å². The van der Waals surface area contributed by atoms with Gasteiger partial charge in [-0.2, -0.15) is 4.98 Å². The molecule has 0 atom stereocenters. The van der Waals surface area contributed by atoms with E-state index in [-0.39, 0.29) is 5.41 Å². The lowest BCUT2D eigenvalue weighted by Gasteiger charge is -2.28. The van der Waals surface area contributed by atoms with Crippen molar-refractivity contribution in [1.82, 2.24) is 9.97 Å². The minimum absolute atomic E-state index is 0.221. The zero-order chi connectivity index (χ0) is 13.0. The van der Waals surface area contributed by atoms with Gasteiger partial charge in [0.2, 0.25) is 5.95 Å². The summed E-state index contributed by atoms with van der Waals surface area (Å²) in [5.74, 6) is 1.68. The van der Waals surface area contributed by atoms with Crippen LogP contribution in [0.15, 0.2) is 12.3 Å². The van der Waals surface area contributed by atoms with Gasteiger partial charge >= 0.3 is 0 Å².